The molecule has 5 rings (SSSR count). The zero-order valence-corrected chi connectivity index (χ0v) is 21.0. The second kappa shape index (κ2) is 10.7. The molecule has 2 fully saturated rings. The van der Waals surface area contributed by atoms with Crippen molar-refractivity contribution >= 4 is 29.4 Å². The second-order valence-corrected chi connectivity index (χ2v) is 10.4. The number of benzene rings is 1. The number of nitrogens with zero attached hydrogens (tertiary/aromatic N) is 3. The molecule has 1 unspecified atom stereocenters. The maximum absolute atomic E-state index is 6.11. The van der Waals surface area contributed by atoms with Crippen molar-refractivity contribution < 1.29 is 4.74 Å². The van der Waals surface area contributed by atoms with Crippen LogP contribution in [-0.2, 0) is 0 Å². The fraction of sp³-hybridized carbons (Fsp3) is 0.704. The van der Waals surface area contributed by atoms with E-state index in [-0.39, 0.29) is 12.4 Å². The van der Waals surface area contributed by atoms with Gasteiger partial charge in [-0.25, -0.2) is 0 Å². The Bertz CT molecular complexity index is 798. The van der Waals surface area contributed by atoms with Gasteiger partial charge in [-0.2, -0.15) is 0 Å². The van der Waals surface area contributed by atoms with Gasteiger partial charge in [-0.15, -0.1) is 12.4 Å². The Morgan fingerprint density at radius 2 is 1.78 bits per heavy atom. The Morgan fingerprint density at radius 3 is 2.47 bits per heavy atom. The molecule has 0 N–H and O–H groups in total. The van der Waals surface area contributed by atoms with Gasteiger partial charge >= 0.3 is 0 Å². The average Bonchev–Trinajstić information content (AvgIpc) is 3.62. The molecule has 0 aromatic heterocycles. The van der Waals surface area contributed by atoms with Crippen molar-refractivity contribution in [1.29, 1.82) is 0 Å². The van der Waals surface area contributed by atoms with Crippen molar-refractivity contribution in [3.05, 3.63) is 23.8 Å². The summed E-state index contributed by atoms with van der Waals surface area (Å²) in [7, 11) is 2.21. The lowest BCUT2D eigenvalue weighted by Crippen LogP contribution is -2.47. The minimum atomic E-state index is 0. The molecule has 2 aliphatic carbocycles. The molecule has 1 aromatic carbocycles. The maximum atomic E-state index is 6.11. The summed E-state index contributed by atoms with van der Waals surface area (Å²) in [5.41, 5.74) is 5.73. The van der Waals surface area contributed by atoms with Crippen molar-refractivity contribution in [1.82, 2.24) is 4.90 Å². The molecule has 0 bridgehead atoms. The minimum absolute atomic E-state index is 0. The van der Waals surface area contributed by atoms with Crippen molar-refractivity contribution in [2.75, 3.05) is 62.7 Å². The number of fused-ring (bicyclic) bond motifs is 1. The van der Waals surface area contributed by atoms with E-state index in [1.807, 2.05) is 0 Å². The Balaban J connectivity index is 0.00000245. The lowest BCUT2D eigenvalue weighted by atomic mass is 9.83. The quantitative estimate of drug-likeness (QED) is 0.509. The van der Waals surface area contributed by atoms with Crippen LogP contribution in [0.1, 0.15) is 63.9 Å². The molecule has 2 aliphatic heterocycles. The number of piperazine rings is 1. The molecule has 4 aliphatic rings. The zero-order valence-electron chi connectivity index (χ0n) is 20.2. The summed E-state index contributed by atoms with van der Waals surface area (Å²) >= 11 is 0. The number of hydrogen-bond donors (Lipinski definition) is 0. The van der Waals surface area contributed by atoms with Gasteiger partial charge in [-0.1, -0.05) is 32.3 Å². The van der Waals surface area contributed by atoms with Crippen LogP contribution < -0.4 is 14.5 Å². The number of allylic oxidation sites excluding steroid dienone is 2. The third kappa shape index (κ3) is 5.39. The van der Waals surface area contributed by atoms with E-state index in [4.69, 9.17) is 4.74 Å². The van der Waals surface area contributed by atoms with E-state index < -0.39 is 0 Å². The molecule has 0 radical (unpaired) electrons. The van der Waals surface area contributed by atoms with Crippen LogP contribution in [0.4, 0.5) is 11.4 Å². The molecular formula is C27H42ClN3O. The van der Waals surface area contributed by atoms with Crippen LogP contribution >= 0.6 is 12.4 Å². The van der Waals surface area contributed by atoms with Crippen molar-refractivity contribution in [2.24, 2.45) is 11.8 Å². The molecule has 0 spiro atoms. The maximum Gasteiger partial charge on any atom is 0.144 e. The first-order chi connectivity index (χ1) is 15.2. The Labute approximate surface area is 201 Å². The molecule has 0 amide bonds. The Kier molecular flexibility index (Phi) is 7.94. The van der Waals surface area contributed by atoms with Crippen molar-refractivity contribution in [3.63, 3.8) is 0 Å². The molecule has 4 nitrogen and oxygen atoms in total. The molecule has 1 saturated carbocycles. The van der Waals surface area contributed by atoms with Crippen LogP contribution in [0.15, 0.2) is 18.2 Å². The fourth-order valence-corrected chi connectivity index (χ4v) is 5.63. The van der Waals surface area contributed by atoms with Gasteiger partial charge in [-0.3, -0.25) is 4.90 Å². The summed E-state index contributed by atoms with van der Waals surface area (Å²) in [5, 5.41) is 0. The van der Waals surface area contributed by atoms with Gasteiger partial charge < -0.3 is 14.5 Å². The summed E-state index contributed by atoms with van der Waals surface area (Å²) < 4.78 is 6.11. The summed E-state index contributed by atoms with van der Waals surface area (Å²) in [4.78, 5) is 7.70. The van der Waals surface area contributed by atoms with Crippen LogP contribution in [0.3, 0.4) is 0 Å². The van der Waals surface area contributed by atoms with Crippen LogP contribution in [-0.4, -0.2) is 57.8 Å². The SMILES string of the molecule is CCCCC1CC=C(c2cc3c(cc2N2CCN(CC4CC4)CC2)OCCN3C)CC1.Cl. The molecule has 1 saturated heterocycles. The van der Waals surface area contributed by atoms with Gasteiger partial charge in [0.1, 0.15) is 12.4 Å². The fourth-order valence-electron chi connectivity index (χ4n) is 5.63. The highest BCUT2D eigenvalue weighted by atomic mass is 35.5. The van der Waals surface area contributed by atoms with Gasteiger partial charge in [0.2, 0.25) is 0 Å². The predicted molar refractivity (Wildman–Crippen MR) is 139 cm³/mol. The summed E-state index contributed by atoms with van der Waals surface area (Å²) in [6.45, 7) is 10.1. The average molecular weight is 460 g/mol. The summed E-state index contributed by atoms with van der Waals surface area (Å²) in [5.74, 6) is 2.95. The first-order valence-electron chi connectivity index (χ1n) is 12.9. The molecule has 2 heterocycles. The number of ether oxygens (including phenoxy) is 1. The first-order valence-corrected chi connectivity index (χ1v) is 12.9. The topological polar surface area (TPSA) is 19.0 Å². The Hall–Kier alpha value is -1.39. The third-order valence-electron chi connectivity index (χ3n) is 7.93. The number of likely N-dealkylation sites (N-methyl/N-ethyl adjacent to an activating group) is 1. The highest BCUT2D eigenvalue weighted by Crippen LogP contribution is 2.43. The molecular weight excluding hydrogens is 418 g/mol. The zero-order chi connectivity index (χ0) is 21.2. The third-order valence-corrected chi connectivity index (χ3v) is 7.93. The molecule has 1 atom stereocenters. The van der Waals surface area contributed by atoms with E-state index in [0.717, 1.165) is 43.8 Å². The van der Waals surface area contributed by atoms with E-state index in [1.165, 1.54) is 87.9 Å². The smallest absolute Gasteiger partial charge is 0.144 e. The summed E-state index contributed by atoms with van der Waals surface area (Å²) in [6.07, 6.45) is 13.4. The van der Waals surface area contributed by atoms with Gasteiger partial charge in [-0.05, 0) is 55.6 Å². The van der Waals surface area contributed by atoms with Crippen LogP contribution in [0.25, 0.3) is 5.57 Å². The van der Waals surface area contributed by atoms with Crippen molar-refractivity contribution in [3.8, 4) is 5.75 Å². The Morgan fingerprint density at radius 1 is 0.969 bits per heavy atom. The van der Waals surface area contributed by atoms with Crippen LogP contribution in [0.2, 0.25) is 0 Å². The van der Waals surface area contributed by atoms with Gasteiger partial charge in [0, 0.05) is 57.1 Å². The van der Waals surface area contributed by atoms with Crippen molar-refractivity contribution in [2.45, 2.75) is 58.3 Å². The van der Waals surface area contributed by atoms with E-state index >= 15 is 0 Å². The van der Waals surface area contributed by atoms with Gasteiger partial charge in [0.25, 0.3) is 0 Å². The predicted octanol–water partition coefficient (Wildman–Crippen LogP) is 5.84. The monoisotopic (exact) mass is 459 g/mol. The normalized spacial score (nSPS) is 23.8. The van der Waals surface area contributed by atoms with E-state index in [2.05, 4.69) is 46.9 Å². The molecule has 178 valence electrons. The number of anilines is 2. The molecule has 1 aromatic rings. The highest BCUT2D eigenvalue weighted by Gasteiger charge is 2.29. The van der Waals surface area contributed by atoms with Gasteiger partial charge in [0.05, 0.1) is 12.2 Å². The summed E-state index contributed by atoms with van der Waals surface area (Å²) in [6, 6.07) is 4.81. The molecule has 5 heteroatoms. The number of rotatable bonds is 7. The lowest BCUT2D eigenvalue weighted by molar-refractivity contribution is 0.248. The highest BCUT2D eigenvalue weighted by molar-refractivity contribution is 5.85. The second-order valence-electron chi connectivity index (χ2n) is 10.4. The number of halogens is 1. The van der Waals surface area contributed by atoms with E-state index in [9.17, 15) is 0 Å². The largest absolute Gasteiger partial charge is 0.489 e. The van der Waals surface area contributed by atoms with E-state index in [0.29, 0.717) is 0 Å². The molecule has 32 heavy (non-hydrogen) atoms. The van der Waals surface area contributed by atoms with E-state index in [1.54, 1.807) is 5.57 Å². The van der Waals surface area contributed by atoms with Crippen LogP contribution in [0.5, 0.6) is 5.75 Å². The standard InChI is InChI=1S/C27H41N3O.ClH/c1-3-4-5-21-8-10-23(11-9-21)24-18-26-27(31-17-16-28(26)2)19-25(24)30-14-12-29(13-15-30)20-22-6-7-22;/h10,18-19,21-22H,3-9,11-17,20H2,1-2H3;1H. The first kappa shape index (κ1) is 23.8. The van der Waals surface area contributed by atoms with Gasteiger partial charge in [0.15, 0.2) is 0 Å². The minimum Gasteiger partial charge on any atom is -0.489 e. The van der Waals surface area contributed by atoms with Crippen LogP contribution in [0, 0.1) is 11.8 Å². The lowest BCUT2D eigenvalue weighted by Gasteiger charge is -2.39. The number of unbranched alkanes of at least 4 members (excludes halogenated alkanes) is 1. The number of hydrogen-bond acceptors (Lipinski definition) is 4.